The molecule has 2 heterocycles. The molecule has 190 valence electrons. The van der Waals surface area contributed by atoms with E-state index in [1.165, 1.54) is 5.56 Å². The molecular weight excluding hydrogens is 462 g/mol. The van der Waals surface area contributed by atoms with E-state index in [1.54, 1.807) is 0 Å². The lowest BCUT2D eigenvalue weighted by Gasteiger charge is -2.23. The summed E-state index contributed by atoms with van der Waals surface area (Å²) in [4.78, 5) is 15.8. The maximum absolute atomic E-state index is 13.3. The van der Waals surface area contributed by atoms with Crippen LogP contribution < -0.4 is 20.1 Å². The van der Waals surface area contributed by atoms with Crippen LogP contribution in [0.2, 0.25) is 0 Å². The maximum Gasteiger partial charge on any atom is 0.258 e. The number of benzene rings is 3. The molecule has 0 aliphatic carbocycles. The van der Waals surface area contributed by atoms with E-state index in [1.807, 2.05) is 56.3 Å². The summed E-state index contributed by atoms with van der Waals surface area (Å²) < 4.78 is 11.6. The van der Waals surface area contributed by atoms with Gasteiger partial charge in [0.05, 0.1) is 30.2 Å². The van der Waals surface area contributed by atoms with Gasteiger partial charge in [-0.25, -0.2) is 0 Å². The number of rotatable bonds is 9. The summed E-state index contributed by atoms with van der Waals surface area (Å²) in [6, 6.07) is 22.2. The Morgan fingerprint density at radius 1 is 0.946 bits per heavy atom. The zero-order valence-corrected chi connectivity index (χ0v) is 21.4. The van der Waals surface area contributed by atoms with Crippen LogP contribution in [0.4, 0.5) is 11.4 Å². The zero-order chi connectivity index (χ0) is 25.6. The van der Waals surface area contributed by atoms with E-state index in [4.69, 9.17) is 9.47 Å². The monoisotopic (exact) mass is 495 g/mol. The smallest absolute Gasteiger partial charge is 0.258 e. The van der Waals surface area contributed by atoms with E-state index in [2.05, 4.69) is 52.0 Å². The minimum atomic E-state index is -0.160. The molecule has 3 aromatic carbocycles. The first-order valence-corrected chi connectivity index (χ1v) is 12.9. The fraction of sp³-hybridized carbons (Fsp3) is 0.258. The van der Waals surface area contributed by atoms with E-state index in [0.717, 1.165) is 48.6 Å². The van der Waals surface area contributed by atoms with E-state index in [0.29, 0.717) is 36.0 Å². The normalized spacial score (nSPS) is 16.2. The molecule has 0 saturated carbocycles. The van der Waals surface area contributed by atoms with Crippen LogP contribution >= 0.6 is 0 Å². The lowest BCUT2D eigenvalue weighted by atomic mass is 9.99. The Morgan fingerprint density at radius 2 is 1.68 bits per heavy atom. The van der Waals surface area contributed by atoms with Crippen molar-refractivity contribution in [2.75, 3.05) is 36.9 Å². The molecule has 0 atom stereocenters. The van der Waals surface area contributed by atoms with Gasteiger partial charge in [-0.2, -0.15) is 0 Å². The third-order valence-corrected chi connectivity index (χ3v) is 6.51. The second kappa shape index (κ2) is 11.4. The Labute approximate surface area is 218 Å². The van der Waals surface area contributed by atoms with Crippen molar-refractivity contribution in [2.45, 2.75) is 26.8 Å². The molecule has 3 aromatic rings. The van der Waals surface area contributed by atoms with Crippen LogP contribution in [0.3, 0.4) is 0 Å². The third kappa shape index (κ3) is 5.54. The van der Waals surface area contributed by atoms with E-state index < -0.39 is 0 Å². The van der Waals surface area contributed by atoms with Crippen molar-refractivity contribution in [2.24, 2.45) is 0 Å². The molecule has 2 aliphatic rings. The molecule has 0 spiro atoms. The Kier molecular flexibility index (Phi) is 7.57. The van der Waals surface area contributed by atoms with Crippen LogP contribution in [-0.2, 0) is 11.3 Å². The number of carbonyl (C=O) groups excluding carboxylic acids is 1. The number of hydrogen-bond donors (Lipinski definition) is 2. The molecule has 0 fully saturated rings. The average Bonchev–Trinajstić information content (AvgIpc) is 3.24. The first-order chi connectivity index (χ1) is 18.2. The number of nitrogens with zero attached hydrogens (tertiary/aromatic N) is 1. The molecule has 2 aliphatic heterocycles. The molecule has 2 N–H and O–H groups in total. The summed E-state index contributed by atoms with van der Waals surface area (Å²) in [6.45, 7) is 7.89. The molecular formula is C31H33N3O3. The molecule has 0 aromatic heterocycles. The van der Waals surface area contributed by atoms with Gasteiger partial charge >= 0.3 is 0 Å². The predicted octanol–water partition coefficient (Wildman–Crippen LogP) is 6.18. The third-order valence-electron chi connectivity index (χ3n) is 6.51. The lowest BCUT2D eigenvalue weighted by molar-refractivity contribution is -0.110. The van der Waals surface area contributed by atoms with Crippen molar-refractivity contribution in [1.29, 1.82) is 0 Å². The largest absolute Gasteiger partial charge is 0.490 e. The molecule has 6 nitrogen and oxygen atoms in total. The average molecular weight is 496 g/mol. The quantitative estimate of drug-likeness (QED) is 0.274. The SMILES string of the molecule is CCOc1cc2c(cc1OCC)/C(=C(/Nc1ccc(CN3CC=CCC3)cc1)c1ccccc1)C(=O)N2. The van der Waals surface area contributed by atoms with Crippen molar-refractivity contribution < 1.29 is 14.3 Å². The topological polar surface area (TPSA) is 62.8 Å². The maximum atomic E-state index is 13.3. The van der Waals surface area contributed by atoms with Gasteiger partial charge in [0, 0.05) is 37.0 Å². The Bertz CT molecular complexity index is 1310. The predicted molar refractivity (Wildman–Crippen MR) is 150 cm³/mol. The van der Waals surface area contributed by atoms with Crippen molar-refractivity contribution in [3.05, 3.63) is 95.6 Å². The summed E-state index contributed by atoms with van der Waals surface area (Å²) >= 11 is 0. The molecule has 1 amide bonds. The molecule has 0 unspecified atom stereocenters. The van der Waals surface area contributed by atoms with Gasteiger partial charge < -0.3 is 20.1 Å². The van der Waals surface area contributed by atoms with Crippen LogP contribution in [0.25, 0.3) is 11.3 Å². The number of anilines is 2. The number of carbonyl (C=O) groups is 1. The van der Waals surface area contributed by atoms with Crippen molar-refractivity contribution in [1.82, 2.24) is 4.90 Å². The fourth-order valence-electron chi connectivity index (χ4n) is 4.78. The van der Waals surface area contributed by atoms with Crippen LogP contribution in [0.15, 0.2) is 78.9 Å². The van der Waals surface area contributed by atoms with Crippen molar-refractivity contribution in [3.63, 3.8) is 0 Å². The minimum absolute atomic E-state index is 0.160. The molecule has 5 rings (SSSR count). The van der Waals surface area contributed by atoms with Gasteiger partial charge in [-0.05, 0) is 49.6 Å². The van der Waals surface area contributed by atoms with Crippen LogP contribution in [0, 0.1) is 0 Å². The van der Waals surface area contributed by atoms with Crippen LogP contribution in [-0.4, -0.2) is 37.1 Å². The van der Waals surface area contributed by atoms with Gasteiger partial charge in [-0.15, -0.1) is 0 Å². The second-order valence-electron chi connectivity index (χ2n) is 9.10. The highest BCUT2D eigenvalue weighted by molar-refractivity contribution is 6.37. The van der Waals surface area contributed by atoms with Gasteiger partial charge in [0.25, 0.3) is 5.91 Å². The number of ether oxygens (including phenoxy) is 2. The number of amides is 1. The number of fused-ring (bicyclic) bond motifs is 1. The Hall–Kier alpha value is -4.03. The highest BCUT2D eigenvalue weighted by Gasteiger charge is 2.30. The molecule has 0 bridgehead atoms. The zero-order valence-electron chi connectivity index (χ0n) is 21.4. The van der Waals surface area contributed by atoms with Gasteiger partial charge in [-0.3, -0.25) is 9.69 Å². The van der Waals surface area contributed by atoms with Crippen LogP contribution in [0.5, 0.6) is 11.5 Å². The Morgan fingerprint density at radius 3 is 2.35 bits per heavy atom. The second-order valence-corrected chi connectivity index (χ2v) is 9.10. The van der Waals surface area contributed by atoms with E-state index >= 15 is 0 Å². The number of nitrogens with one attached hydrogen (secondary N) is 2. The van der Waals surface area contributed by atoms with Gasteiger partial charge in [-0.1, -0.05) is 54.6 Å². The molecule has 37 heavy (non-hydrogen) atoms. The fourth-order valence-corrected chi connectivity index (χ4v) is 4.78. The van der Waals surface area contributed by atoms with E-state index in [-0.39, 0.29) is 5.91 Å². The molecule has 0 saturated heterocycles. The first-order valence-electron chi connectivity index (χ1n) is 12.9. The van der Waals surface area contributed by atoms with Gasteiger partial charge in [0.2, 0.25) is 0 Å². The first kappa shape index (κ1) is 24.7. The molecule has 6 heteroatoms. The summed E-state index contributed by atoms with van der Waals surface area (Å²) in [5.41, 5.74) is 5.95. The standard InChI is InChI=1S/C31H33N3O3/c1-3-36-27-19-25-26(20-28(27)37-4-2)33-31(35)29(25)30(23-11-7-5-8-12-23)32-24-15-13-22(14-16-24)21-34-17-9-6-10-18-34/h5-9,11-16,19-20,32H,3-4,10,17-18,21H2,1-2H3,(H,33,35)/b30-29-. The van der Waals surface area contributed by atoms with Crippen molar-refractivity contribution >= 4 is 28.6 Å². The summed E-state index contributed by atoms with van der Waals surface area (Å²) in [5.74, 6) is 1.09. The van der Waals surface area contributed by atoms with Gasteiger partial charge in [0.1, 0.15) is 0 Å². The highest BCUT2D eigenvalue weighted by atomic mass is 16.5. The Balaban J connectivity index is 1.51. The van der Waals surface area contributed by atoms with Crippen LogP contribution in [0.1, 0.15) is 37.0 Å². The highest BCUT2D eigenvalue weighted by Crippen LogP contribution is 2.43. The lowest BCUT2D eigenvalue weighted by Crippen LogP contribution is -2.26. The summed E-state index contributed by atoms with van der Waals surface area (Å²) in [6.07, 6.45) is 5.58. The summed E-state index contributed by atoms with van der Waals surface area (Å²) in [7, 11) is 0. The molecule has 0 radical (unpaired) electrons. The number of hydrogen-bond acceptors (Lipinski definition) is 5. The summed E-state index contributed by atoms with van der Waals surface area (Å²) in [5, 5.41) is 6.58. The minimum Gasteiger partial charge on any atom is -0.490 e. The van der Waals surface area contributed by atoms with Gasteiger partial charge in [0.15, 0.2) is 11.5 Å². The van der Waals surface area contributed by atoms with E-state index in [9.17, 15) is 4.79 Å². The van der Waals surface area contributed by atoms with Crippen molar-refractivity contribution in [3.8, 4) is 11.5 Å².